The SMILES string of the molecule is O=C(N/N=C\c1cc2c(cc1[N+](=O)[O-])OCO2)c1ccc[nH]1. The molecule has 0 radical (unpaired) electrons. The first-order valence-corrected chi connectivity index (χ1v) is 6.20. The van der Waals surface area contributed by atoms with Crippen molar-refractivity contribution >= 4 is 17.8 Å². The van der Waals surface area contributed by atoms with Crippen LogP contribution in [0.1, 0.15) is 16.1 Å². The van der Waals surface area contributed by atoms with Crippen molar-refractivity contribution in [3.63, 3.8) is 0 Å². The van der Waals surface area contributed by atoms with Crippen LogP contribution in [0.5, 0.6) is 11.5 Å². The number of nitro benzene ring substituents is 1. The second-order valence-corrected chi connectivity index (χ2v) is 4.30. The van der Waals surface area contributed by atoms with Gasteiger partial charge < -0.3 is 14.5 Å². The summed E-state index contributed by atoms with van der Waals surface area (Å²) in [6.45, 7) is 0.0106. The fourth-order valence-electron chi connectivity index (χ4n) is 1.90. The number of hydrogen-bond donors (Lipinski definition) is 2. The van der Waals surface area contributed by atoms with Gasteiger partial charge in [0.25, 0.3) is 11.6 Å². The summed E-state index contributed by atoms with van der Waals surface area (Å²) in [7, 11) is 0. The number of H-pyrrole nitrogens is 1. The van der Waals surface area contributed by atoms with Crippen molar-refractivity contribution in [2.24, 2.45) is 5.10 Å². The number of rotatable bonds is 4. The third-order valence-corrected chi connectivity index (χ3v) is 2.93. The zero-order valence-corrected chi connectivity index (χ0v) is 11.1. The van der Waals surface area contributed by atoms with Gasteiger partial charge in [-0.05, 0) is 18.2 Å². The van der Waals surface area contributed by atoms with Gasteiger partial charge in [-0.25, -0.2) is 5.43 Å². The van der Waals surface area contributed by atoms with E-state index in [-0.39, 0.29) is 18.0 Å². The molecule has 1 aromatic heterocycles. The summed E-state index contributed by atoms with van der Waals surface area (Å²) in [5, 5.41) is 14.8. The number of nitrogens with zero attached hydrogens (tertiary/aromatic N) is 2. The molecule has 0 bridgehead atoms. The lowest BCUT2D eigenvalue weighted by Gasteiger charge is -2.01. The van der Waals surface area contributed by atoms with Crippen molar-refractivity contribution in [1.82, 2.24) is 10.4 Å². The number of nitrogens with one attached hydrogen (secondary N) is 2. The second kappa shape index (κ2) is 5.56. The number of carbonyl (C=O) groups excluding carboxylic acids is 1. The molecule has 22 heavy (non-hydrogen) atoms. The summed E-state index contributed by atoms with van der Waals surface area (Å²) >= 11 is 0. The Morgan fingerprint density at radius 3 is 2.86 bits per heavy atom. The monoisotopic (exact) mass is 302 g/mol. The molecule has 0 atom stereocenters. The topological polar surface area (TPSA) is 119 Å². The fourth-order valence-corrected chi connectivity index (χ4v) is 1.90. The highest BCUT2D eigenvalue weighted by Crippen LogP contribution is 2.37. The van der Waals surface area contributed by atoms with Gasteiger partial charge in [0.1, 0.15) is 5.69 Å². The van der Waals surface area contributed by atoms with Crippen molar-refractivity contribution in [1.29, 1.82) is 0 Å². The molecule has 0 spiro atoms. The summed E-state index contributed by atoms with van der Waals surface area (Å²) < 4.78 is 10.3. The van der Waals surface area contributed by atoms with Crippen LogP contribution in [0.25, 0.3) is 0 Å². The zero-order valence-electron chi connectivity index (χ0n) is 11.1. The molecule has 9 heteroatoms. The van der Waals surface area contributed by atoms with E-state index in [0.29, 0.717) is 17.2 Å². The standard InChI is InChI=1S/C13H10N4O5/c18-13(9-2-1-3-14-9)16-15-6-8-4-11-12(22-7-21-11)5-10(8)17(19)20/h1-6,14H,7H2,(H,16,18)/b15-6-. The quantitative estimate of drug-likeness (QED) is 0.503. The van der Waals surface area contributed by atoms with E-state index in [9.17, 15) is 14.9 Å². The number of nitro groups is 1. The highest BCUT2D eigenvalue weighted by atomic mass is 16.7. The molecule has 0 unspecified atom stereocenters. The first kappa shape index (κ1) is 13.6. The Labute approximate surface area is 123 Å². The van der Waals surface area contributed by atoms with Crippen molar-refractivity contribution < 1.29 is 19.2 Å². The van der Waals surface area contributed by atoms with Crippen LogP contribution in [0.2, 0.25) is 0 Å². The lowest BCUT2D eigenvalue weighted by atomic mass is 10.1. The maximum Gasteiger partial charge on any atom is 0.287 e. The van der Waals surface area contributed by atoms with E-state index >= 15 is 0 Å². The fraction of sp³-hybridized carbons (Fsp3) is 0.0769. The summed E-state index contributed by atoms with van der Waals surface area (Å²) in [6.07, 6.45) is 2.78. The van der Waals surface area contributed by atoms with Gasteiger partial charge in [0, 0.05) is 6.20 Å². The predicted molar refractivity (Wildman–Crippen MR) is 75.1 cm³/mol. The summed E-state index contributed by atoms with van der Waals surface area (Å²) in [5.41, 5.74) is 2.61. The van der Waals surface area contributed by atoms with Gasteiger partial charge >= 0.3 is 0 Å². The van der Waals surface area contributed by atoms with E-state index in [4.69, 9.17) is 9.47 Å². The minimum Gasteiger partial charge on any atom is -0.454 e. The molecule has 0 saturated heterocycles. The number of hydrazone groups is 1. The van der Waals surface area contributed by atoms with Crippen LogP contribution in [0.15, 0.2) is 35.6 Å². The predicted octanol–water partition coefficient (Wildman–Crippen LogP) is 1.42. The van der Waals surface area contributed by atoms with Crippen LogP contribution >= 0.6 is 0 Å². The van der Waals surface area contributed by atoms with Gasteiger partial charge in [0.05, 0.1) is 22.8 Å². The van der Waals surface area contributed by atoms with Gasteiger partial charge in [-0.3, -0.25) is 14.9 Å². The molecular formula is C13H10N4O5. The number of ether oxygens (including phenoxy) is 2. The normalized spacial score (nSPS) is 12.5. The highest BCUT2D eigenvalue weighted by molar-refractivity contribution is 5.94. The average Bonchev–Trinajstić information content (AvgIpc) is 3.17. The molecule has 0 fully saturated rings. The number of carbonyl (C=O) groups is 1. The second-order valence-electron chi connectivity index (χ2n) is 4.30. The van der Waals surface area contributed by atoms with Crippen LogP contribution in [-0.4, -0.2) is 28.8 Å². The number of fused-ring (bicyclic) bond motifs is 1. The Morgan fingerprint density at radius 2 is 2.18 bits per heavy atom. The molecule has 1 amide bonds. The number of aromatic amines is 1. The van der Waals surface area contributed by atoms with Gasteiger partial charge in [0.15, 0.2) is 11.5 Å². The molecule has 2 heterocycles. The van der Waals surface area contributed by atoms with Crippen LogP contribution in [0.3, 0.4) is 0 Å². The Hall–Kier alpha value is -3.36. The van der Waals surface area contributed by atoms with Gasteiger partial charge in [-0.2, -0.15) is 5.10 Å². The summed E-state index contributed by atoms with van der Waals surface area (Å²) in [4.78, 5) is 24.9. The van der Waals surface area contributed by atoms with Crippen LogP contribution < -0.4 is 14.9 Å². The molecule has 1 aliphatic heterocycles. The van der Waals surface area contributed by atoms with Gasteiger partial charge in [-0.1, -0.05) is 0 Å². The van der Waals surface area contributed by atoms with E-state index in [1.165, 1.54) is 18.3 Å². The van der Waals surface area contributed by atoms with Crippen molar-refractivity contribution in [2.45, 2.75) is 0 Å². The minimum atomic E-state index is -0.559. The van der Waals surface area contributed by atoms with Gasteiger partial charge in [-0.15, -0.1) is 0 Å². The lowest BCUT2D eigenvalue weighted by molar-refractivity contribution is -0.385. The maximum atomic E-state index is 11.7. The van der Waals surface area contributed by atoms with Crippen LogP contribution in [-0.2, 0) is 0 Å². The minimum absolute atomic E-state index is 0.0106. The zero-order chi connectivity index (χ0) is 15.5. The van der Waals surface area contributed by atoms with E-state index in [0.717, 1.165) is 0 Å². The molecular weight excluding hydrogens is 292 g/mol. The van der Waals surface area contributed by atoms with E-state index in [2.05, 4.69) is 15.5 Å². The van der Waals surface area contributed by atoms with E-state index < -0.39 is 10.8 Å². The summed E-state index contributed by atoms with van der Waals surface area (Å²) in [6, 6.07) is 5.94. The molecule has 9 nitrogen and oxygen atoms in total. The van der Waals surface area contributed by atoms with Crippen LogP contribution in [0.4, 0.5) is 5.69 Å². The number of benzene rings is 1. The van der Waals surface area contributed by atoms with E-state index in [1.807, 2.05) is 0 Å². The third-order valence-electron chi connectivity index (χ3n) is 2.93. The Morgan fingerprint density at radius 1 is 1.41 bits per heavy atom. The Balaban J connectivity index is 1.81. The smallest absolute Gasteiger partial charge is 0.287 e. The summed E-state index contributed by atoms with van der Waals surface area (Å²) in [5.74, 6) is 0.242. The van der Waals surface area contributed by atoms with Gasteiger partial charge in [0.2, 0.25) is 6.79 Å². The first-order valence-electron chi connectivity index (χ1n) is 6.20. The number of amides is 1. The average molecular weight is 302 g/mol. The molecule has 0 aliphatic carbocycles. The van der Waals surface area contributed by atoms with E-state index in [1.54, 1.807) is 18.3 Å². The van der Waals surface area contributed by atoms with Crippen molar-refractivity contribution in [2.75, 3.05) is 6.79 Å². The molecule has 1 aromatic carbocycles. The molecule has 1 aliphatic rings. The molecule has 3 rings (SSSR count). The van der Waals surface area contributed by atoms with Crippen molar-refractivity contribution in [3.8, 4) is 11.5 Å². The molecule has 112 valence electrons. The molecule has 2 aromatic rings. The molecule has 2 N–H and O–H groups in total. The highest BCUT2D eigenvalue weighted by Gasteiger charge is 2.22. The number of aromatic nitrogens is 1. The largest absolute Gasteiger partial charge is 0.454 e. The maximum absolute atomic E-state index is 11.7. The number of hydrogen-bond acceptors (Lipinski definition) is 6. The lowest BCUT2D eigenvalue weighted by Crippen LogP contribution is -2.17. The first-order chi connectivity index (χ1) is 10.6. The molecule has 0 saturated carbocycles. The Kier molecular flexibility index (Phi) is 3.44. The third kappa shape index (κ3) is 2.59. The Bertz CT molecular complexity index is 754. The van der Waals surface area contributed by atoms with Crippen molar-refractivity contribution in [3.05, 3.63) is 51.8 Å². The van der Waals surface area contributed by atoms with Crippen LogP contribution in [0, 0.1) is 10.1 Å².